The SMILES string of the molecule is O=c1[nH]c2cc(F)c(NCC3CCCOC3)cc2o1. The average molecular weight is 266 g/mol. The molecule has 1 aromatic carbocycles. The summed E-state index contributed by atoms with van der Waals surface area (Å²) in [7, 11) is 0. The predicted octanol–water partition coefficient (Wildman–Crippen LogP) is 2.10. The van der Waals surface area contributed by atoms with Crippen molar-refractivity contribution in [1.29, 1.82) is 0 Å². The Labute approximate surface area is 108 Å². The van der Waals surface area contributed by atoms with E-state index in [4.69, 9.17) is 9.15 Å². The summed E-state index contributed by atoms with van der Waals surface area (Å²) in [5.74, 6) is -0.587. The van der Waals surface area contributed by atoms with Gasteiger partial charge < -0.3 is 14.5 Å². The second kappa shape index (κ2) is 5.05. The third-order valence-corrected chi connectivity index (χ3v) is 3.34. The minimum absolute atomic E-state index is 0.348. The Hall–Kier alpha value is -1.82. The normalized spacial score (nSPS) is 19.7. The van der Waals surface area contributed by atoms with E-state index in [1.165, 1.54) is 12.1 Å². The van der Waals surface area contributed by atoms with E-state index in [9.17, 15) is 9.18 Å². The molecular formula is C13H15FN2O3. The summed E-state index contributed by atoms with van der Waals surface area (Å²) in [6, 6.07) is 2.77. The average Bonchev–Trinajstić information content (AvgIpc) is 2.76. The fourth-order valence-corrected chi connectivity index (χ4v) is 2.33. The zero-order chi connectivity index (χ0) is 13.2. The molecule has 0 bridgehead atoms. The summed E-state index contributed by atoms with van der Waals surface area (Å²) < 4.78 is 24.1. The number of anilines is 1. The number of fused-ring (bicyclic) bond motifs is 1. The van der Waals surface area contributed by atoms with Gasteiger partial charge in [0.05, 0.1) is 17.8 Å². The first-order chi connectivity index (χ1) is 9.22. The number of aromatic nitrogens is 1. The number of hydrogen-bond donors (Lipinski definition) is 2. The molecule has 102 valence electrons. The van der Waals surface area contributed by atoms with Crippen molar-refractivity contribution < 1.29 is 13.5 Å². The molecule has 2 heterocycles. The largest absolute Gasteiger partial charge is 0.417 e. The van der Waals surface area contributed by atoms with Crippen molar-refractivity contribution in [3.63, 3.8) is 0 Å². The molecule has 1 saturated heterocycles. The maximum Gasteiger partial charge on any atom is 0.417 e. The molecule has 0 spiro atoms. The van der Waals surface area contributed by atoms with Crippen molar-refractivity contribution in [2.45, 2.75) is 12.8 Å². The van der Waals surface area contributed by atoms with E-state index < -0.39 is 11.6 Å². The number of hydrogen-bond acceptors (Lipinski definition) is 4. The topological polar surface area (TPSA) is 67.3 Å². The Morgan fingerprint density at radius 3 is 3.16 bits per heavy atom. The summed E-state index contributed by atoms with van der Waals surface area (Å²) in [5, 5.41) is 3.05. The third-order valence-electron chi connectivity index (χ3n) is 3.34. The highest BCUT2D eigenvalue weighted by Crippen LogP contribution is 2.22. The second-order valence-corrected chi connectivity index (χ2v) is 4.81. The van der Waals surface area contributed by atoms with Crippen LogP contribution in [0.2, 0.25) is 0 Å². The van der Waals surface area contributed by atoms with E-state index in [1.54, 1.807) is 0 Å². The van der Waals surface area contributed by atoms with E-state index >= 15 is 0 Å². The lowest BCUT2D eigenvalue weighted by Crippen LogP contribution is -2.24. The lowest BCUT2D eigenvalue weighted by molar-refractivity contribution is 0.0595. The molecule has 6 heteroatoms. The Kier molecular flexibility index (Phi) is 3.25. The minimum atomic E-state index is -0.577. The van der Waals surface area contributed by atoms with Gasteiger partial charge >= 0.3 is 5.76 Å². The van der Waals surface area contributed by atoms with Crippen LogP contribution in [0, 0.1) is 11.7 Å². The molecule has 3 rings (SSSR count). The number of benzene rings is 1. The molecule has 0 saturated carbocycles. The standard InChI is InChI=1S/C13H15FN2O3/c14-9-4-11-12(19-13(17)16-11)5-10(9)15-6-8-2-1-3-18-7-8/h4-5,8,15H,1-3,6-7H2,(H,16,17). The van der Waals surface area contributed by atoms with Crippen molar-refractivity contribution in [3.8, 4) is 0 Å². The van der Waals surface area contributed by atoms with Crippen molar-refractivity contribution in [3.05, 3.63) is 28.5 Å². The zero-order valence-corrected chi connectivity index (χ0v) is 10.4. The highest BCUT2D eigenvalue weighted by Gasteiger charge is 2.15. The molecule has 1 aromatic heterocycles. The van der Waals surface area contributed by atoms with Crippen LogP contribution in [0.5, 0.6) is 0 Å². The molecule has 2 aromatic rings. The quantitative estimate of drug-likeness (QED) is 0.892. The Balaban J connectivity index is 1.76. The van der Waals surface area contributed by atoms with E-state index in [2.05, 4.69) is 10.3 Å². The van der Waals surface area contributed by atoms with Gasteiger partial charge in [-0.15, -0.1) is 0 Å². The van der Waals surface area contributed by atoms with Gasteiger partial charge in [0.25, 0.3) is 0 Å². The molecule has 1 unspecified atom stereocenters. The highest BCUT2D eigenvalue weighted by atomic mass is 19.1. The van der Waals surface area contributed by atoms with Crippen molar-refractivity contribution in [2.75, 3.05) is 25.1 Å². The fraction of sp³-hybridized carbons (Fsp3) is 0.462. The van der Waals surface area contributed by atoms with Crippen LogP contribution in [0.4, 0.5) is 10.1 Å². The maximum absolute atomic E-state index is 13.8. The van der Waals surface area contributed by atoms with Crippen LogP contribution in [0.15, 0.2) is 21.3 Å². The molecule has 1 aliphatic rings. The first-order valence-electron chi connectivity index (χ1n) is 6.36. The number of aromatic amines is 1. The zero-order valence-electron chi connectivity index (χ0n) is 10.4. The number of ether oxygens (including phenoxy) is 1. The van der Waals surface area contributed by atoms with E-state index in [1.807, 2.05) is 0 Å². The molecular weight excluding hydrogens is 251 g/mol. The predicted molar refractivity (Wildman–Crippen MR) is 68.8 cm³/mol. The van der Waals surface area contributed by atoms with Crippen LogP contribution in [0.25, 0.3) is 11.1 Å². The van der Waals surface area contributed by atoms with Crippen molar-refractivity contribution >= 4 is 16.8 Å². The summed E-state index contributed by atoms with van der Waals surface area (Å²) in [5.41, 5.74) is 1.07. The van der Waals surface area contributed by atoms with Gasteiger partial charge in [0.1, 0.15) is 5.82 Å². The lowest BCUT2D eigenvalue weighted by Gasteiger charge is -2.22. The van der Waals surface area contributed by atoms with E-state index in [0.717, 1.165) is 19.4 Å². The Morgan fingerprint density at radius 2 is 2.37 bits per heavy atom. The minimum Gasteiger partial charge on any atom is -0.408 e. The number of halogens is 1. The lowest BCUT2D eigenvalue weighted by atomic mass is 10.0. The van der Waals surface area contributed by atoms with E-state index in [-0.39, 0.29) is 0 Å². The van der Waals surface area contributed by atoms with Gasteiger partial charge in [-0.25, -0.2) is 9.18 Å². The van der Waals surface area contributed by atoms with Crippen molar-refractivity contribution in [2.24, 2.45) is 5.92 Å². The molecule has 0 radical (unpaired) electrons. The fourth-order valence-electron chi connectivity index (χ4n) is 2.33. The monoisotopic (exact) mass is 266 g/mol. The Morgan fingerprint density at radius 1 is 1.47 bits per heavy atom. The van der Waals surface area contributed by atoms with Crippen LogP contribution in [-0.2, 0) is 4.74 Å². The van der Waals surface area contributed by atoms with Gasteiger partial charge in [0.15, 0.2) is 5.58 Å². The van der Waals surface area contributed by atoms with Crippen LogP contribution >= 0.6 is 0 Å². The summed E-state index contributed by atoms with van der Waals surface area (Å²) in [6.45, 7) is 2.17. The molecule has 0 aliphatic carbocycles. The maximum atomic E-state index is 13.8. The molecule has 1 atom stereocenters. The number of H-pyrrole nitrogens is 1. The van der Waals surface area contributed by atoms with Crippen LogP contribution < -0.4 is 11.1 Å². The van der Waals surface area contributed by atoms with Crippen LogP contribution in [-0.4, -0.2) is 24.7 Å². The number of nitrogens with one attached hydrogen (secondary N) is 2. The molecule has 1 fully saturated rings. The first kappa shape index (κ1) is 12.2. The third kappa shape index (κ3) is 2.63. The highest BCUT2D eigenvalue weighted by molar-refractivity contribution is 5.77. The smallest absolute Gasteiger partial charge is 0.408 e. The van der Waals surface area contributed by atoms with Crippen LogP contribution in [0.1, 0.15) is 12.8 Å². The molecule has 5 nitrogen and oxygen atoms in total. The summed E-state index contributed by atoms with van der Waals surface area (Å²) in [4.78, 5) is 13.5. The van der Waals surface area contributed by atoms with Gasteiger partial charge in [-0.05, 0) is 18.8 Å². The van der Waals surface area contributed by atoms with E-state index in [0.29, 0.717) is 35.9 Å². The Bertz CT molecular complexity index is 628. The molecule has 2 N–H and O–H groups in total. The number of oxazole rings is 1. The van der Waals surface area contributed by atoms with Gasteiger partial charge in [0.2, 0.25) is 0 Å². The van der Waals surface area contributed by atoms with Gasteiger partial charge in [-0.3, -0.25) is 4.98 Å². The first-order valence-corrected chi connectivity index (χ1v) is 6.36. The molecule has 1 aliphatic heterocycles. The van der Waals surface area contributed by atoms with Crippen molar-refractivity contribution in [1.82, 2.24) is 4.98 Å². The molecule has 0 amide bonds. The van der Waals surface area contributed by atoms with Crippen LogP contribution in [0.3, 0.4) is 0 Å². The summed E-state index contributed by atoms with van der Waals surface area (Å²) >= 11 is 0. The van der Waals surface area contributed by atoms with Gasteiger partial charge in [0, 0.05) is 25.3 Å². The molecule has 19 heavy (non-hydrogen) atoms. The summed E-state index contributed by atoms with van der Waals surface area (Å²) in [6.07, 6.45) is 2.12. The second-order valence-electron chi connectivity index (χ2n) is 4.81. The van der Waals surface area contributed by atoms with Gasteiger partial charge in [-0.2, -0.15) is 0 Å². The van der Waals surface area contributed by atoms with Gasteiger partial charge in [-0.1, -0.05) is 0 Å². The number of rotatable bonds is 3.